The molecule has 0 aliphatic heterocycles. The van der Waals surface area contributed by atoms with Crippen molar-refractivity contribution in [3.05, 3.63) is 29.3 Å². The summed E-state index contributed by atoms with van der Waals surface area (Å²) in [6, 6.07) is 6.03. The van der Waals surface area contributed by atoms with Crippen molar-refractivity contribution in [2.24, 2.45) is 11.7 Å². The number of hydrogen-bond donors (Lipinski definition) is 2. The molecule has 1 aromatic heterocycles. The minimum atomic E-state index is -0.265. The summed E-state index contributed by atoms with van der Waals surface area (Å²) in [5.74, 6) is -0.397. The Kier molecular flexibility index (Phi) is 6.47. The highest BCUT2D eigenvalue weighted by Gasteiger charge is 2.18. The third-order valence-electron chi connectivity index (χ3n) is 3.33. The predicted molar refractivity (Wildman–Crippen MR) is 93.5 cm³/mol. The first kappa shape index (κ1) is 18.5. The highest BCUT2D eigenvalue weighted by atomic mass is 35.5. The molecule has 0 aliphatic carbocycles. The summed E-state index contributed by atoms with van der Waals surface area (Å²) in [6.07, 6.45) is 0. The van der Waals surface area contributed by atoms with Crippen LogP contribution in [0, 0.1) is 19.8 Å². The second-order valence-electron chi connectivity index (χ2n) is 5.43. The van der Waals surface area contributed by atoms with Crippen molar-refractivity contribution in [2.45, 2.75) is 33.7 Å². The topological polar surface area (TPSA) is 80.9 Å². The SMILES string of the molecule is Cc1cc(C)cc(-c2nnc(NC(=O)C(C)C(C)N)s2)c1.Cl. The molecule has 1 heterocycles. The summed E-state index contributed by atoms with van der Waals surface area (Å²) in [4.78, 5) is 12.0. The van der Waals surface area contributed by atoms with Gasteiger partial charge in [-0.15, -0.1) is 22.6 Å². The maximum absolute atomic E-state index is 12.0. The molecule has 0 fully saturated rings. The van der Waals surface area contributed by atoms with Crippen molar-refractivity contribution in [3.8, 4) is 10.6 Å². The van der Waals surface area contributed by atoms with Crippen molar-refractivity contribution < 1.29 is 4.79 Å². The fraction of sp³-hybridized carbons (Fsp3) is 0.400. The molecule has 1 amide bonds. The number of hydrogen-bond acceptors (Lipinski definition) is 5. The van der Waals surface area contributed by atoms with E-state index < -0.39 is 0 Å². The van der Waals surface area contributed by atoms with E-state index in [-0.39, 0.29) is 30.3 Å². The second kappa shape index (κ2) is 7.67. The lowest BCUT2D eigenvalue weighted by molar-refractivity contribution is -0.119. The first-order valence-electron chi connectivity index (χ1n) is 6.85. The van der Waals surface area contributed by atoms with Crippen molar-refractivity contribution in [2.75, 3.05) is 5.32 Å². The summed E-state index contributed by atoms with van der Waals surface area (Å²) in [5.41, 5.74) is 9.10. The Labute approximate surface area is 140 Å². The van der Waals surface area contributed by atoms with Gasteiger partial charge in [0.2, 0.25) is 11.0 Å². The Morgan fingerprint density at radius 1 is 1.18 bits per heavy atom. The normalized spacial score (nSPS) is 13.1. The number of nitrogens with two attached hydrogens (primary N) is 1. The van der Waals surface area contributed by atoms with E-state index in [0.717, 1.165) is 10.6 Å². The highest BCUT2D eigenvalue weighted by molar-refractivity contribution is 7.18. The molecule has 120 valence electrons. The van der Waals surface area contributed by atoms with Crippen LogP contribution in [0.5, 0.6) is 0 Å². The Hall–Kier alpha value is -1.50. The highest BCUT2D eigenvalue weighted by Crippen LogP contribution is 2.28. The summed E-state index contributed by atoms with van der Waals surface area (Å²) >= 11 is 1.37. The summed E-state index contributed by atoms with van der Waals surface area (Å²) in [5, 5.41) is 12.2. The molecule has 0 aliphatic rings. The molecular formula is C15H21ClN4OS. The number of aromatic nitrogens is 2. The minimum Gasteiger partial charge on any atom is -0.327 e. The van der Waals surface area contributed by atoms with Gasteiger partial charge >= 0.3 is 0 Å². The fourth-order valence-electron chi connectivity index (χ4n) is 1.95. The van der Waals surface area contributed by atoms with E-state index in [4.69, 9.17) is 5.73 Å². The molecular weight excluding hydrogens is 320 g/mol. The molecule has 5 nitrogen and oxygen atoms in total. The Morgan fingerprint density at radius 2 is 1.77 bits per heavy atom. The van der Waals surface area contributed by atoms with Crippen LogP contribution in [0.3, 0.4) is 0 Å². The minimum absolute atomic E-state index is 0. The Balaban J connectivity index is 0.00000242. The number of amides is 1. The largest absolute Gasteiger partial charge is 0.327 e. The molecule has 0 saturated heterocycles. The number of nitrogens with zero attached hydrogens (tertiary/aromatic N) is 2. The Morgan fingerprint density at radius 3 is 2.32 bits per heavy atom. The van der Waals surface area contributed by atoms with Gasteiger partial charge in [-0.05, 0) is 32.9 Å². The van der Waals surface area contributed by atoms with Crippen LogP contribution in [0.2, 0.25) is 0 Å². The molecule has 3 N–H and O–H groups in total. The van der Waals surface area contributed by atoms with Crippen molar-refractivity contribution in [3.63, 3.8) is 0 Å². The quantitative estimate of drug-likeness (QED) is 0.895. The van der Waals surface area contributed by atoms with Gasteiger partial charge in [0.1, 0.15) is 5.01 Å². The predicted octanol–water partition coefficient (Wildman–Crippen LogP) is 3.17. The zero-order valence-electron chi connectivity index (χ0n) is 13.1. The fourth-order valence-corrected chi connectivity index (χ4v) is 2.68. The van der Waals surface area contributed by atoms with Gasteiger partial charge in [-0.3, -0.25) is 4.79 Å². The lowest BCUT2D eigenvalue weighted by Crippen LogP contribution is -2.34. The Bertz CT molecular complexity index is 636. The molecule has 2 unspecified atom stereocenters. The standard InChI is InChI=1S/C15H20N4OS.ClH/c1-8-5-9(2)7-12(6-8)14-18-19-15(21-14)17-13(20)10(3)11(4)16;/h5-7,10-11H,16H2,1-4H3,(H,17,19,20);1H. The molecule has 7 heteroatoms. The number of carbonyl (C=O) groups is 1. The van der Waals surface area contributed by atoms with Crippen molar-refractivity contribution in [1.29, 1.82) is 0 Å². The van der Waals surface area contributed by atoms with Crippen LogP contribution in [-0.4, -0.2) is 22.1 Å². The number of halogens is 1. The van der Waals surface area contributed by atoms with Gasteiger partial charge in [0, 0.05) is 11.6 Å². The van der Waals surface area contributed by atoms with Crippen LogP contribution >= 0.6 is 23.7 Å². The van der Waals surface area contributed by atoms with E-state index in [1.54, 1.807) is 6.92 Å². The van der Waals surface area contributed by atoms with Crippen LogP contribution in [0.25, 0.3) is 10.6 Å². The number of carbonyl (C=O) groups excluding carboxylic acids is 1. The second-order valence-corrected chi connectivity index (χ2v) is 6.40. The van der Waals surface area contributed by atoms with Gasteiger partial charge in [-0.25, -0.2) is 0 Å². The third kappa shape index (κ3) is 4.50. The molecule has 1 aromatic carbocycles. The summed E-state index contributed by atoms with van der Waals surface area (Å²) < 4.78 is 0. The number of aryl methyl sites for hydroxylation is 2. The molecule has 0 saturated carbocycles. The van der Waals surface area contributed by atoms with E-state index in [1.807, 2.05) is 20.8 Å². The summed E-state index contributed by atoms with van der Waals surface area (Å²) in [7, 11) is 0. The van der Waals surface area contributed by atoms with E-state index in [2.05, 4.69) is 33.7 Å². The van der Waals surface area contributed by atoms with Gasteiger partial charge in [-0.2, -0.15) is 0 Å². The van der Waals surface area contributed by atoms with Crippen molar-refractivity contribution in [1.82, 2.24) is 10.2 Å². The van der Waals surface area contributed by atoms with E-state index in [9.17, 15) is 4.79 Å². The lowest BCUT2D eigenvalue weighted by Gasteiger charge is -2.13. The number of anilines is 1. The van der Waals surface area contributed by atoms with E-state index in [1.165, 1.54) is 22.5 Å². The monoisotopic (exact) mass is 340 g/mol. The van der Waals surface area contributed by atoms with Crippen LogP contribution in [-0.2, 0) is 4.79 Å². The average molecular weight is 341 g/mol. The summed E-state index contributed by atoms with van der Waals surface area (Å²) in [6.45, 7) is 7.70. The van der Waals surface area contributed by atoms with Gasteiger partial charge < -0.3 is 11.1 Å². The van der Waals surface area contributed by atoms with Gasteiger partial charge in [-0.1, -0.05) is 35.5 Å². The number of rotatable bonds is 4. The van der Waals surface area contributed by atoms with Gasteiger partial charge in [0.15, 0.2) is 0 Å². The van der Waals surface area contributed by atoms with Crippen molar-refractivity contribution >= 4 is 34.8 Å². The van der Waals surface area contributed by atoms with Crippen LogP contribution in [0.4, 0.5) is 5.13 Å². The van der Waals surface area contributed by atoms with E-state index in [0.29, 0.717) is 5.13 Å². The average Bonchev–Trinajstić information content (AvgIpc) is 2.85. The van der Waals surface area contributed by atoms with E-state index >= 15 is 0 Å². The molecule has 0 spiro atoms. The van der Waals surface area contributed by atoms with Crippen LogP contribution < -0.4 is 11.1 Å². The number of benzene rings is 1. The molecule has 0 bridgehead atoms. The smallest absolute Gasteiger partial charge is 0.230 e. The zero-order chi connectivity index (χ0) is 15.6. The lowest BCUT2D eigenvalue weighted by atomic mass is 10.0. The van der Waals surface area contributed by atoms with Crippen LogP contribution in [0.1, 0.15) is 25.0 Å². The third-order valence-corrected chi connectivity index (χ3v) is 4.21. The van der Waals surface area contributed by atoms with Gasteiger partial charge in [0.25, 0.3) is 0 Å². The number of nitrogens with one attached hydrogen (secondary N) is 1. The maximum Gasteiger partial charge on any atom is 0.230 e. The van der Waals surface area contributed by atoms with Crippen LogP contribution in [0.15, 0.2) is 18.2 Å². The molecule has 2 atom stereocenters. The molecule has 2 rings (SSSR count). The first-order valence-corrected chi connectivity index (χ1v) is 7.67. The maximum atomic E-state index is 12.0. The molecule has 22 heavy (non-hydrogen) atoms. The zero-order valence-corrected chi connectivity index (χ0v) is 14.7. The molecule has 2 aromatic rings. The first-order chi connectivity index (χ1) is 9.86. The molecule has 0 radical (unpaired) electrons. The van der Waals surface area contributed by atoms with Gasteiger partial charge in [0.05, 0.1) is 5.92 Å².